The highest BCUT2D eigenvalue weighted by atomic mass is 16.4. The van der Waals surface area contributed by atoms with Gasteiger partial charge in [-0.2, -0.15) is 0 Å². The zero-order chi connectivity index (χ0) is 13.0. The second-order valence-corrected chi connectivity index (χ2v) is 6.94. The average Bonchev–Trinajstić information content (AvgIpc) is 2.80. The molecule has 3 heteroatoms. The number of hydrogen-bond acceptors (Lipinski definition) is 3. The zero-order valence-corrected chi connectivity index (χ0v) is 11.8. The molecule has 0 radical (unpaired) electrons. The fourth-order valence-corrected chi connectivity index (χ4v) is 5.31. The van der Waals surface area contributed by atoms with Crippen LogP contribution in [0.1, 0.15) is 62.3 Å². The number of rotatable bonds is 3. The Labute approximate surface area is 115 Å². The fourth-order valence-electron chi connectivity index (χ4n) is 5.31. The molecule has 0 aromatic carbocycles. The Balaban J connectivity index is 1.67. The molecule has 104 valence electrons. The van der Waals surface area contributed by atoms with E-state index in [2.05, 4.69) is 6.92 Å². The van der Waals surface area contributed by atoms with Gasteiger partial charge in [0.15, 0.2) is 5.89 Å². The minimum atomic E-state index is 0.514. The van der Waals surface area contributed by atoms with E-state index >= 15 is 0 Å². The zero-order valence-electron chi connectivity index (χ0n) is 11.8. The number of oxazole rings is 1. The van der Waals surface area contributed by atoms with Crippen LogP contribution in [0, 0.1) is 23.7 Å². The predicted octanol–water partition coefficient (Wildman–Crippen LogP) is 3.24. The summed E-state index contributed by atoms with van der Waals surface area (Å²) in [4.78, 5) is 4.75. The number of hydrogen-bond donors (Lipinski definition) is 1. The van der Waals surface area contributed by atoms with E-state index < -0.39 is 0 Å². The topological polar surface area (TPSA) is 52.0 Å². The standard InChI is InChI=1S/C16H24N2O/c1-2-14-13(8-17)18-16(19-14)15-11-4-9-3-10(6-11)7-12(15)5-9/h9-12,15H,2-8,17H2,1H3. The second-order valence-electron chi connectivity index (χ2n) is 6.94. The normalized spacial score (nSPS) is 40.0. The number of aromatic nitrogens is 1. The van der Waals surface area contributed by atoms with E-state index in [1.165, 1.54) is 32.1 Å². The lowest BCUT2D eigenvalue weighted by Crippen LogP contribution is -2.43. The maximum absolute atomic E-state index is 6.09. The summed E-state index contributed by atoms with van der Waals surface area (Å²) in [6, 6.07) is 0. The Hall–Kier alpha value is -0.830. The Morgan fingerprint density at radius 1 is 1.11 bits per heavy atom. The van der Waals surface area contributed by atoms with Crippen molar-refractivity contribution < 1.29 is 4.42 Å². The Bertz CT molecular complexity index is 430. The van der Waals surface area contributed by atoms with Crippen LogP contribution in [-0.2, 0) is 13.0 Å². The largest absolute Gasteiger partial charge is 0.445 e. The maximum atomic E-state index is 6.09. The van der Waals surface area contributed by atoms with E-state index in [0.29, 0.717) is 12.5 Å². The van der Waals surface area contributed by atoms with Gasteiger partial charge in [-0.25, -0.2) is 4.98 Å². The predicted molar refractivity (Wildman–Crippen MR) is 73.6 cm³/mol. The van der Waals surface area contributed by atoms with Gasteiger partial charge in [0.2, 0.25) is 0 Å². The van der Waals surface area contributed by atoms with E-state index in [1.54, 1.807) is 0 Å². The molecule has 4 aliphatic rings. The highest BCUT2D eigenvalue weighted by Gasteiger charge is 2.50. The molecule has 4 aliphatic carbocycles. The number of aryl methyl sites for hydroxylation is 1. The average molecular weight is 260 g/mol. The smallest absolute Gasteiger partial charge is 0.198 e. The molecule has 4 saturated carbocycles. The first-order chi connectivity index (χ1) is 9.28. The van der Waals surface area contributed by atoms with Gasteiger partial charge in [0.25, 0.3) is 0 Å². The van der Waals surface area contributed by atoms with Gasteiger partial charge >= 0.3 is 0 Å². The van der Waals surface area contributed by atoms with Crippen molar-refractivity contribution in [1.29, 1.82) is 0 Å². The lowest BCUT2D eigenvalue weighted by atomic mass is 9.52. The van der Waals surface area contributed by atoms with Crippen LogP contribution in [0.4, 0.5) is 0 Å². The SMILES string of the molecule is CCc1oc(C2C3CC4CC(C3)CC2C4)nc1CN. The molecule has 1 heterocycles. The summed E-state index contributed by atoms with van der Waals surface area (Å²) in [6.45, 7) is 2.64. The maximum Gasteiger partial charge on any atom is 0.198 e. The van der Waals surface area contributed by atoms with Gasteiger partial charge < -0.3 is 10.2 Å². The first kappa shape index (κ1) is 12.0. The van der Waals surface area contributed by atoms with Crippen LogP contribution in [0.3, 0.4) is 0 Å². The van der Waals surface area contributed by atoms with E-state index in [9.17, 15) is 0 Å². The van der Waals surface area contributed by atoms with Crippen LogP contribution in [0.2, 0.25) is 0 Å². The minimum absolute atomic E-state index is 0.514. The Morgan fingerprint density at radius 3 is 2.21 bits per heavy atom. The molecule has 3 nitrogen and oxygen atoms in total. The summed E-state index contributed by atoms with van der Waals surface area (Å²) in [7, 11) is 0. The molecule has 19 heavy (non-hydrogen) atoms. The summed E-state index contributed by atoms with van der Waals surface area (Å²) >= 11 is 0. The summed E-state index contributed by atoms with van der Waals surface area (Å²) < 4.78 is 6.09. The third-order valence-electron chi connectivity index (χ3n) is 5.82. The highest BCUT2D eigenvalue weighted by Crippen LogP contribution is 2.59. The van der Waals surface area contributed by atoms with Crippen LogP contribution < -0.4 is 5.73 Å². The number of nitrogens with two attached hydrogens (primary N) is 1. The van der Waals surface area contributed by atoms with Crippen molar-refractivity contribution >= 4 is 0 Å². The molecule has 0 atom stereocenters. The first-order valence-corrected chi connectivity index (χ1v) is 7.97. The van der Waals surface area contributed by atoms with Crippen LogP contribution in [-0.4, -0.2) is 4.98 Å². The molecule has 0 aliphatic heterocycles. The van der Waals surface area contributed by atoms with Crippen molar-refractivity contribution in [1.82, 2.24) is 4.98 Å². The third kappa shape index (κ3) is 1.78. The number of nitrogens with zero attached hydrogens (tertiary/aromatic N) is 1. The van der Waals surface area contributed by atoms with Crippen molar-refractivity contribution in [2.24, 2.45) is 29.4 Å². The monoisotopic (exact) mass is 260 g/mol. The molecule has 0 unspecified atom stereocenters. The lowest BCUT2D eigenvalue weighted by Gasteiger charge is -2.53. The molecule has 2 N–H and O–H groups in total. The van der Waals surface area contributed by atoms with Gasteiger partial charge in [0.05, 0.1) is 5.69 Å². The van der Waals surface area contributed by atoms with Gasteiger partial charge in [0.1, 0.15) is 5.76 Å². The van der Waals surface area contributed by atoms with Gasteiger partial charge in [-0.05, 0) is 55.8 Å². The molecule has 5 rings (SSSR count). The molecule has 4 bridgehead atoms. The van der Waals surface area contributed by atoms with Crippen LogP contribution in [0.25, 0.3) is 0 Å². The molecule has 1 aromatic heterocycles. The fraction of sp³-hybridized carbons (Fsp3) is 0.812. The molecule has 0 amide bonds. The molecule has 1 aromatic rings. The first-order valence-electron chi connectivity index (χ1n) is 7.97. The van der Waals surface area contributed by atoms with Gasteiger partial charge in [-0.1, -0.05) is 6.92 Å². The summed E-state index contributed by atoms with van der Waals surface area (Å²) in [5.41, 5.74) is 6.78. The van der Waals surface area contributed by atoms with Gasteiger partial charge in [-0.3, -0.25) is 0 Å². The summed E-state index contributed by atoms with van der Waals surface area (Å²) in [6.07, 6.45) is 8.07. The van der Waals surface area contributed by atoms with Crippen molar-refractivity contribution in [2.75, 3.05) is 0 Å². The molecule has 0 spiro atoms. The van der Waals surface area contributed by atoms with E-state index in [1.807, 2.05) is 0 Å². The van der Waals surface area contributed by atoms with Gasteiger partial charge in [0, 0.05) is 18.9 Å². The van der Waals surface area contributed by atoms with Crippen LogP contribution in [0.5, 0.6) is 0 Å². The second kappa shape index (κ2) is 4.34. The third-order valence-corrected chi connectivity index (χ3v) is 5.82. The van der Waals surface area contributed by atoms with Crippen molar-refractivity contribution in [3.05, 3.63) is 17.3 Å². The van der Waals surface area contributed by atoms with Crippen molar-refractivity contribution in [3.8, 4) is 0 Å². The molecule has 0 saturated heterocycles. The summed E-state index contributed by atoms with van der Waals surface area (Å²) in [5, 5.41) is 0. The molecular weight excluding hydrogens is 236 g/mol. The van der Waals surface area contributed by atoms with E-state index in [4.69, 9.17) is 15.1 Å². The van der Waals surface area contributed by atoms with E-state index in [0.717, 1.165) is 47.4 Å². The Morgan fingerprint density at radius 2 is 1.74 bits per heavy atom. The van der Waals surface area contributed by atoms with Crippen molar-refractivity contribution in [3.63, 3.8) is 0 Å². The molecule has 4 fully saturated rings. The summed E-state index contributed by atoms with van der Waals surface area (Å²) in [5.74, 6) is 6.33. The lowest BCUT2D eigenvalue weighted by molar-refractivity contribution is -0.0117. The minimum Gasteiger partial charge on any atom is -0.445 e. The highest BCUT2D eigenvalue weighted by molar-refractivity contribution is 5.16. The van der Waals surface area contributed by atoms with Crippen molar-refractivity contribution in [2.45, 2.75) is 57.9 Å². The Kier molecular flexibility index (Phi) is 2.73. The quantitative estimate of drug-likeness (QED) is 0.907. The molecular formula is C16H24N2O. The van der Waals surface area contributed by atoms with Gasteiger partial charge in [-0.15, -0.1) is 0 Å². The van der Waals surface area contributed by atoms with E-state index in [-0.39, 0.29) is 0 Å². The van der Waals surface area contributed by atoms with Crippen LogP contribution in [0.15, 0.2) is 4.42 Å². The van der Waals surface area contributed by atoms with Crippen LogP contribution >= 0.6 is 0 Å².